The van der Waals surface area contributed by atoms with Crippen molar-refractivity contribution in [3.05, 3.63) is 28.7 Å². The van der Waals surface area contributed by atoms with Crippen LogP contribution in [0.1, 0.15) is 22.7 Å². The predicted molar refractivity (Wildman–Crippen MR) is 76.1 cm³/mol. The lowest BCUT2D eigenvalue weighted by atomic mass is 10.2. The Morgan fingerprint density at radius 1 is 1.63 bits per heavy atom. The van der Waals surface area contributed by atoms with E-state index in [1.165, 1.54) is 11.0 Å². The van der Waals surface area contributed by atoms with Crippen molar-refractivity contribution in [2.24, 2.45) is 0 Å². The van der Waals surface area contributed by atoms with Crippen LogP contribution in [0.15, 0.2) is 18.9 Å². The van der Waals surface area contributed by atoms with Gasteiger partial charge in [0, 0.05) is 30.6 Å². The molecule has 0 saturated heterocycles. The van der Waals surface area contributed by atoms with Crippen LogP contribution in [0, 0.1) is 6.92 Å². The summed E-state index contributed by atoms with van der Waals surface area (Å²) >= 11 is 1.63. The molecular formula is C13H19N3O2S. The van der Waals surface area contributed by atoms with E-state index in [2.05, 4.69) is 16.9 Å². The Bertz CT molecular complexity index is 470. The van der Waals surface area contributed by atoms with E-state index in [1.54, 1.807) is 18.4 Å². The fraction of sp³-hybridized carbons (Fsp3) is 0.462. The molecule has 0 aliphatic rings. The zero-order chi connectivity index (χ0) is 14.4. The smallest absolute Gasteiger partial charge is 0.246 e. The second-order valence-corrected chi connectivity index (χ2v) is 5.68. The highest BCUT2D eigenvalue weighted by molar-refractivity contribution is 7.11. The van der Waals surface area contributed by atoms with Gasteiger partial charge in [0.2, 0.25) is 11.8 Å². The third-order valence-corrected chi connectivity index (χ3v) is 3.74. The number of likely N-dealkylation sites (N-methyl/N-ethyl adjacent to an activating group) is 1. The molecule has 1 heterocycles. The molecule has 0 saturated carbocycles. The summed E-state index contributed by atoms with van der Waals surface area (Å²) in [5.74, 6) is -0.278. The van der Waals surface area contributed by atoms with E-state index in [9.17, 15) is 9.59 Å². The summed E-state index contributed by atoms with van der Waals surface area (Å²) in [5, 5.41) is 3.81. The van der Waals surface area contributed by atoms with Crippen LogP contribution >= 0.6 is 11.3 Å². The highest BCUT2D eigenvalue weighted by atomic mass is 32.1. The number of aryl methyl sites for hydroxylation is 1. The molecule has 0 radical (unpaired) electrons. The standard InChI is InChI=1S/C13H19N3O2S/c1-5-12(18)16(4)8-11(17)14-6-9(2)13-15-7-10(3)19-13/h5,7,9H,1,6,8H2,2-4H3,(H,14,17). The SMILES string of the molecule is C=CC(=O)N(C)CC(=O)NCC(C)c1ncc(C)s1. The molecule has 0 aromatic carbocycles. The maximum absolute atomic E-state index is 11.7. The van der Waals surface area contributed by atoms with E-state index in [0.29, 0.717) is 6.54 Å². The first-order valence-electron chi connectivity index (χ1n) is 6.00. The third kappa shape index (κ3) is 4.82. The lowest BCUT2D eigenvalue weighted by Gasteiger charge is -2.15. The van der Waals surface area contributed by atoms with Gasteiger partial charge in [-0.1, -0.05) is 13.5 Å². The van der Waals surface area contributed by atoms with E-state index in [0.717, 1.165) is 9.88 Å². The van der Waals surface area contributed by atoms with E-state index >= 15 is 0 Å². The number of carbonyl (C=O) groups excluding carboxylic acids is 2. The molecule has 19 heavy (non-hydrogen) atoms. The summed E-state index contributed by atoms with van der Waals surface area (Å²) in [4.78, 5) is 29.7. The number of hydrogen-bond donors (Lipinski definition) is 1. The van der Waals surface area contributed by atoms with Crippen LogP contribution in [0.4, 0.5) is 0 Å². The van der Waals surface area contributed by atoms with Gasteiger partial charge in [0.15, 0.2) is 0 Å². The number of rotatable bonds is 6. The van der Waals surface area contributed by atoms with Crippen molar-refractivity contribution in [1.82, 2.24) is 15.2 Å². The zero-order valence-corrected chi connectivity index (χ0v) is 12.3. The number of hydrogen-bond acceptors (Lipinski definition) is 4. The average molecular weight is 281 g/mol. The van der Waals surface area contributed by atoms with Crippen LogP contribution in [-0.4, -0.2) is 41.8 Å². The number of nitrogens with zero attached hydrogens (tertiary/aromatic N) is 2. The normalized spacial score (nSPS) is 11.7. The molecular weight excluding hydrogens is 262 g/mol. The van der Waals surface area contributed by atoms with Gasteiger partial charge in [-0.3, -0.25) is 9.59 Å². The molecule has 0 aliphatic heterocycles. The van der Waals surface area contributed by atoms with Crippen molar-refractivity contribution in [1.29, 1.82) is 0 Å². The monoisotopic (exact) mass is 281 g/mol. The van der Waals surface area contributed by atoms with Gasteiger partial charge in [-0.15, -0.1) is 11.3 Å². The van der Waals surface area contributed by atoms with E-state index in [4.69, 9.17) is 0 Å². The van der Waals surface area contributed by atoms with Crippen LogP contribution in [0.3, 0.4) is 0 Å². The molecule has 0 bridgehead atoms. The highest BCUT2D eigenvalue weighted by Crippen LogP contribution is 2.20. The fourth-order valence-corrected chi connectivity index (χ4v) is 2.28. The summed E-state index contributed by atoms with van der Waals surface area (Å²) < 4.78 is 0. The molecule has 1 aromatic heterocycles. The minimum Gasteiger partial charge on any atom is -0.354 e. The van der Waals surface area contributed by atoms with Gasteiger partial charge in [0.25, 0.3) is 0 Å². The van der Waals surface area contributed by atoms with Crippen molar-refractivity contribution in [2.45, 2.75) is 19.8 Å². The second kappa shape index (κ2) is 7.04. The lowest BCUT2D eigenvalue weighted by molar-refractivity contribution is -0.131. The Morgan fingerprint density at radius 2 is 2.32 bits per heavy atom. The van der Waals surface area contributed by atoms with Crippen molar-refractivity contribution < 1.29 is 9.59 Å². The summed E-state index contributed by atoms with van der Waals surface area (Å²) in [7, 11) is 1.57. The van der Waals surface area contributed by atoms with Crippen molar-refractivity contribution in [3.63, 3.8) is 0 Å². The van der Waals surface area contributed by atoms with Gasteiger partial charge in [-0.25, -0.2) is 4.98 Å². The molecule has 0 aliphatic carbocycles. The van der Waals surface area contributed by atoms with Crippen LogP contribution in [0.2, 0.25) is 0 Å². The Balaban J connectivity index is 2.38. The quantitative estimate of drug-likeness (QED) is 0.800. The Kier molecular flexibility index (Phi) is 5.69. The molecule has 0 fully saturated rings. The van der Waals surface area contributed by atoms with Crippen molar-refractivity contribution in [3.8, 4) is 0 Å². The van der Waals surface area contributed by atoms with Crippen LogP contribution in [0.25, 0.3) is 0 Å². The maximum Gasteiger partial charge on any atom is 0.246 e. The fourth-order valence-electron chi connectivity index (χ4n) is 1.46. The molecule has 1 rings (SSSR count). The van der Waals surface area contributed by atoms with Gasteiger partial charge < -0.3 is 10.2 Å². The van der Waals surface area contributed by atoms with Gasteiger partial charge in [-0.05, 0) is 13.0 Å². The van der Waals surface area contributed by atoms with E-state index < -0.39 is 0 Å². The minimum atomic E-state index is -0.265. The van der Waals surface area contributed by atoms with Gasteiger partial charge in [-0.2, -0.15) is 0 Å². The summed E-state index contributed by atoms with van der Waals surface area (Å²) in [6.07, 6.45) is 3.02. The molecule has 5 nitrogen and oxygen atoms in total. The maximum atomic E-state index is 11.7. The molecule has 1 aromatic rings. The summed E-state index contributed by atoms with van der Waals surface area (Å²) in [5.41, 5.74) is 0. The number of aromatic nitrogens is 1. The number of nitrogens with one attached hydrogen (secondary N) is 1. The molecule has 6 heteroatoms. The minimum absolute atomic E-state index is 0.0362. The molecule has 104 valence electrons. The second-order valence-electron chi connectivity index (χ2n) is 4.41. The Hall–Kier alpha value is -1.69. The third-order valence-electron chi connectivity index (χ3n) is 2.60. The van der Waals surface area contributed by atoms with Crippen LogP contribution < -0.4 is 5.32 Å². The zero-order valence-electron chi connectivity index (χ0n) is 11.5. The molecule has 1 N–H and O–H groups in total. The number of amides is 2. The van der Waals surface area contributed by atoms with E-state index in [-0.39, 0.29) is 24.3 Å². The topological polar surface area (TPSA) is 62.3 Å². The molecule has 1 atom stereocenters. The molecule has 2 amide bonds. The summed E-state index contributed by atoms with van der Waals surface area (Å²) in [6, 6.07) is 0. The first kappa shape index (κ1) is 15.4. The largest absolute Gasteiger partial charge is 0.354 e. The van der Waals surface area contributed by atoms with E-state index in [1.807, 2.05) is 20.0 Å². The molecule has 0 spiro atoms. The van der Waals surface area contributed by atoms with Crippen LogP contribution in [-0.2, 0) is 9.59 Å². The highest BCUT2D eigenvalue weighted by Gasteiger charge is 2.13. The average Bonchev–Trinajstić information content (AvgIpc) is 2.81. The lowest BCUT2D eigenvalue weighted by Crippen LogP contribution is -2.38. The number of thiazole rings is 1. The summed E-state index contributed by atoms with van der Waals surface area (Å²) in [6.45, 7) is 7.94. The predicted octanol–water partition coefficient (Wildman–Crippen LogP) is 1.32. The van der Waals surface area contributed by atoms with Crippen LogP contribution in [0.5, 0.6) is 0 Å². The van der Waals surface area contributed by atoms with Crippen molar-refractivity contribution >= 4 is 23.2 Å². The van der Waals surface area contributed by atoms with Crippen molar-refractivity contribution in [2.75, 3.05) is 20.1 Å². The van der Waals surface area contributed by atoms with Gasteiger partial charge in [0.1, 0.15) is 0 Å². The molecule has 1 unspecified atom stereocenters. The van der Waals surface area contributed by atoms with Gasteiger partial charge in [0.05, 0.1) is 11.6 Å². The number of carbonyl (C=O) groups is 2. The van der Waals surface area contributed by atoms with Gasteiger partial charge >= 0.3 is 0 Å². The Morgan fingerprint density at radius 3 is 2.84 bits per heavy atom. The first-order chi connectivity index (χ1) is 8.93. The Labute approximate surface area is 117 Å². The first-order valence-corrected chi connectivity index (χ1v) is 6.82.